The standard InChI is InChI=1S/C22H29N3O4S2/c1-5-25(6-2)12-11-23-18-9-7-15(14-24-31(4,27)28)22-20(18)21(26)17-13-16(29-3)8-10-19(17)30-22/h7-10,13,23-24H,5-6,11-12,14H2,1-4H3. The van der Waals surface area contributed by atoms with Crippen LogP contribution < -0.4 is 20.2 Å². The molecule has 0 aliphatic heterocycles. The van der Waals surface area contributed by atoms with Crippen molar-refractivity contribution in [3.63, 3.8) is 0 Å². The van der Waals surface area contributed by atoms with Gasteiger partial charge in [-0.25, -0.2) is 13.1 Å². The molecule has 7 nitrogen and oxygen atoms in total. The van der Waals surface area contributed by atoms with Gasteiger partial charge in [0, 0.05) is 40.1 Å². The Balaban J connectivity index is 2.12. The molecule has 0 aliphatic carbocycles. The van der Waals surface area contributed by atoms with E-state index in [0.717, 1.165) is 46.5 Å². The first kappa shape index (κ1) is 23.5. The average molecular weight is 464 g/mol. The Hall–Kier alpha value is -2.20. The number of benzene rings is 2. The summed E-state index contributed by atoms with van der Waals surface area (Å²) in [5.41, 5.74) is 1.44. The molecule has 0 radical (unpaired) electrons. The third-order valence-electron chi connectivity index (χ3n) is 5.27. The van der Waals surface area contributed by atoms with Crippen molar-refractivity contribution in [3.8, 4) is 5.75 Å². The van der Waals surface area contributed by atoms with E-state index in [1.54, 1.807) is 13.2 Å². The van der Waals surface area contributed by atoms with Gasteiger partial charge in [0.1, 0.15) is 5.75 Å². The number of ether oxygens (including phenoxy) is 1. The van der Waals surface area contributed by atoms with Gasteiger partial charge in [-0.2, -0.15) is 0 Å². The molecule has 3 rings (SSSR count). The summed E-state index contributed by atoms with van der Waals surface area (Å²) in [6, 6.07) is 9.20. The Bertz CT molecular complexity index is 1230. The van der Waals surface area contributed by atoms with Crippen LogP contribution in [0.1, 0.15) is 19.4 Å². The largest absolute Gasteiger partial charge is 0.497 e. The van der Waals surface area contributed by atoms with E-state index in [2.05, 4.69) is 28.8 Å². The van der Waals surface area contributed by atoms with Crippen LogP contribution in [0, 0.1) is 0 Å². The van der Waals surface area contributed by atoms with Gasteiger partial charge in [-0.1, -0.05) is 19.9 Å². The van der Waals surface area contributed by atoms with E-state index in [-0.39, 0.29) is 12.0 Å². The third-order valence-corrected chi connectivity index (χ3v) is 7.19. The minimum Gasteiger partial charge on any atom is -0.497 e. The molecule has 168 valence electrons. The highest BCUT2D eigenvalue weighted by Crippen LogP contribution is 2.33. The maximum Gasteiger partial charge on any atom is 0.209 e. The highest BCUT2D eigenvalue weighted by atomic mass is 32.2. The Morgan fingerprint density at radius 2 is 1.87 bits per heavy atom. The minimum atomic E-state index is -3.35. The van der Waals surface area contributed by atoms with Gasteiger partial charge >= 0.3 is 0 Å². The molecule has 0 atom stereocenters. The average Bonchev–Trinajstić information content (AvgIpc) is 2.75. The minimum absolute atomic E-state index is 0.0887. The van der Waals surface area contributed by atoms with Crippen molar-refractivity contribution < 1.29 is 13.2 Å². The monoisotopic (exact) mass is 463 g/mol. The molecule has 0 amide bonds. The zero-order chi connectivity index (χ0) is 22.6. The van der Waals surface area contributed by atoms with Crippen molar-refractivity contribution in [1.29, 1.82) is 0 Å². The van der Waals surface area contributed by atoms with E-state index in [0.29, 0.717) is 23.1 Å². The lowest BCUT2D eigenvalue weighted by Gasteiger charge is -2.19. The van der Waals surface area contributed by atoms with E-state index < -0.39 is 10.0 Å². The van der Waals surface area contributed by atoms with E-state index >= 15 is 0 Å². The summed E-state index contributed by atoms with van der Waals surface area (Å²) >= 11 is 1.48. The van der Waals surface area contributed by atoms with Gasteiger partial charge in [-0.05, 0) is 42.9 Å². The second-order valence-corrected chi connectivity index (χ2v) is 10.2. The first-order chi connectivity index (χ1) is 14.8. The quantitative estimate of drug-likeness (QED) is 0.449. The summed E-state index contributed by atoms with van der Waals surface area (Å²) in [6.45, 7) is 7.89. The molecule has 0 fully saturated rings. The molecule has 1 aromatic heterocycles. The fourth-order valence-electron chi connectivity index (χ4n) is 3.50. The maximum absolute atomic E-state index is 13.5. The van der Waals surface area contributed by atoms with Crippen LogP contribution >= 0.6 is 11.3 Å². The zero-order valence-corrected chi connectivity index (χ0v) is 20.0. The lowest BCUT2D eigenvalue weighted by atomic mass is 10.1. The number of sulfonamides is 1. The van der Waals surface area contributed by atoms with E-state index in [9.17, 15) is 13.2 Å². The predicted molar refractivity (Wildman–Crippen MR) is 130 cm³/mol. The maximum atomic E-state index is 13.5. The van der Waals surface area contributed by atoms with Gasteiger partial charge in [-0.15, -0.1) is 11.3 Å². The highest BCUT2D eigenvalue weighted by Gasteiger charge is 2.15. The molecule has 31 heavy (non-hydrogen) atoms. The second-order valence-electron chi connectivity index (χ2n) is 7.32. The van der Waals surface area contributed by atoms with Crippen molar-refractivity contribution in [3.05, 3.63) is 46.1 Å². The Morgan fingerprint density at radius 3 is 2.52 bits per heavy atom. The molecule has 0 spiro atoms. The van der Waals surface area contributed by atoms with Gasteiger partial charge in [0.05, 0.1) is 18.8 Å². The number of fused-ring (bicyclic) bond motifs is 2. The van der Waals surface area contributed by atoms with Crippen LogP contribution in [0.2, 0.25) is 0 Å². The number of hydrogen-bond acceptors (Lipinski definition) is 7. The number of hydrogen-bond donors (Lipinski definition) is 2. The number of anilines is 1. The first-order valence-electron chi connectivity index (χ1n) is 10.2. The fraction of sp³-hybridized carbons (Fsp3) is 0.409. The fourth-order valence-corrected chi connectivity index (χ4v) is 5.11. The molecular weight excluding hydrogens is 434 g/mol. The summed E-state index contributed by atoms with van der Waals surface area (Å²) in [5.74, 6) is 0.627. The summed E-state index contributed by atoms with van der Waals surface area (Å²) < 4.78 is 32.7. The van der Waals surface area contributed by atoms with Gasteiger partial charge in [-0.3, -0.25) is 4.79 Å². The number of nitrogens with one attached hydrogen (secondary N) is 2. The van der Waals surface area contributed by atoms with E-state index in [1.807, 2.05) is 24.3 Å². The molecule has 0 unspecified atom stereocenters. The normalized spacial score (nSPS) is 12.0. The lowest BCUT2D eigenvalue weighted by molar-refractivity contribution is 0.316. The molecule has 0 bridgehead atoms. The van der Waals surface area contributed by atoms with Crippen LogP contribution in [0.5, 0.6) is 5.75 Å². The van der Waals surface area contributed by atoms with Crippen molar-refractivity contribution in [2.24, 2.45) is 0 Å². The molecule has 9 heteroatoms. The Labute approximate surface area is 187 Å². The van der Waals surface area contributed by atoms with E-state index in [1.165, 1.54) is 11.3 Å². The van der Waals surface area contributed by atoms with Crippen LogP contribution in [0.4, 0.5) is 5.69 Å². The molecule has 2 N–H and O–H groups in total. The highest BCUT2D eigenvalue weighted by molar-refractivity contribution is 7.88. The van der Waals surface area contributed by atoms with Crippen LogP contribution in [-0.2, 0) is 16.6 Å². The van der Waals surface area contributed by atoms with Crippen LogP contribution in [0.25, 0.3) is 20.2 Å². The summed E-state index contributed by atoms with van der Waals surface area (Å²) in [6.07, 6.45) is 1.13. The van der Waals surface area contributed by atoms with Crippen molar-refractivity contribution in [2.75, 3.05) is 44.9 Å². The van der Waals surface area contributed by atoms with Crippen LogP contribution in [0.3, 0.4) is 0 Å². The number of methoxy groups -OCH3 is 1. The predicted octanol–water partition coefficient (Wildman–Crippen LogP) is 3.23. The van der Waals surface area contributed by atoms with Crippen LogP contribution in [-0.4, -0.2) is 52.9 Å². The topological polar surface area (TPSA) is 87.7 Å². The van der Waals surface area contributed by atoms with E-state index in [4.69, 9.17) is 4.74 Å². The molecule has 2 aromatic carbocycles. The Morgan fingerprint density at radius 1 is 1.13 bits per heavy atom. The van der Waals surface area contributed by atoms with Gasteiger partial charge in [0.15, 0.2) is 5.43 Å². The van der Waals surface area contributed by atoms with Gasteiger partial charge < -0.3 is 15.0 Å². The number of rotatable bonds is 10. The van der Waals surface area contributed by atoms with Crippen molar-refractivity contribution >= 4 is 47.2 Å². The second kappa shape index (κ2) is 9.95. The van der Waals surface area contributed by atoms with Crippen molar-refractivity contribution in [2.45, 2.75) is 20.4 Å². The first-order valence-corrected chi connectivity index (χ1v) is 13.0. The van der Waals surface area contributed by atoms with Gasteiger partial charge in [0.2, 0.25) is 10.0 Å². The van der Waals surface area contributed by atoms with Crippen LogP contribution in [0.15, 0.2) is 35.1 Å². The zero-order valence-electron chi connectivity index (χ0n) is 18.3. The lowest BCUT2D eigenvalue weighted by Crippen LogP contribution is -2.28. The third kappa shape index (κ3) is 5.54. The smallest absolute Gasteiger partial charge is 0.209 e. The summed E-state index contributed by atoms with van der Waals surface area (Å²) in [5, 5.41) is 4.59. The molecule has 0 saturated heterocycles. The molecule has 0 aliphatic rings. The molecular formula is C22H29N3O4S2. The SMILES string of the molecule is CCN(CC)CCNc1ccc(CNS(C)(=O)=O)c2sc3ccc(OC)cc3c(=O)c12. The molecule has 3 aromatic rings. The Kier molecular flexibility index (Phi) is 7.53. The summed E-state index contributed by atoms with van der Waals surface area (Å²) in [4.78, 5) is 15.8. The van der Waals surface area contributed by atoms with Crippen molar-refractivity contribution in [1.82, 2.24) is 9.62 Å². The molecule has 0 saturated carbocycles. The summed E-state index contributed by atoms with van der Waals surface area (Å²) in [7, 11) is -1.78. The number of likely N-dealkylation sites (N-methyl/N-ethyl adjacent to an activating group) is 1. The molecule has 1 heterocycles. The number of nitrogens with zero attached hydrogens (tertiary/aromatic N) is 1. The van der Waals surface area contributed by atoms with Gasteiger partial charge in [0.25, 0.3) is 0 Å².